The van der Waals surface area contributed by atoms with Gasteiger partial charge in [-0.05, 0) is 83.0 Å². The first kappa shape index (κ1) is 29.5. The van der Waals surface area contributed by atoms with Crippen LogP contribution in [0.25, 0.3) is 0 Å². The van der Waals surface area contributed by atoms with E-state index in [9.17, 15) is 10.2 Å². The smallest absolute Gasteiger partial charge is 0.119 e. The molecule has 0 saturated heterocycles. The average molecular weight is 573 g/mol. The van der Waals surface area contributed by atoms with Gasteiger partial charge in [-0.2, -0.15) is 0 Å². The number of aromatic hydroxyl groups is 2. The summed E-state index contributed by atoms with van der Waals surface area (Å²) >= 11 is 0. The molecule has 4 aromatic rings. The molecule has 224 valence electrons. The van der Waals surface area contributed by atoms with Crippen LogP contribution in [0.4, 0.5) is 0 Å². The van der Waals surface area contributed by atoms with Crippen molar-refractivity contribution < 1.29 is 10.2 Å². The first-order valence-electron chi connectivity index (χ1n) is 16.8. The molecule has 2 N–H and O–H groups in total. The predicted molar refractivity (Wildman–Crippen MR) is 179 cm³/mol. The van der Waals surface area contributed by atoms with Gasteiger partial charge in [0.15, 0.2) is 0 Å². The molecule has 0 bridgehead atoms. The number of hydrogen-bond acceptors (Lipinski definition) is 2. The summed E-state index contributed by atoms with van der Waals surface area (Å²) in [5, 5.41) is 23.3. The lowest BCUT2D eigenvalue weighted by Crippen LogP contribution is -2.16. The molecule has 2 aliphatic carbocycles. The number of benzene rings is 4. The van der Waals surface area contributed by atoms with Crippen molar-refractivity contribution in [2.75, 3.05) is 0 Å². The third kappa shape index (κ3) is 6.26. The van der Waals surface area contributed by atoms with Crippen molar-refractivity contribution in [1.29, 1.82) is 0 Å². The standard InChI is InChI=1S/C41H48O2/c1-28(30-15-7-3-8-16-30)34-23-25-38(42)36(40(34)32-19-11-5-12-20-32)27-37-39(43)26-24-35(29(2)31-17-9-4-10-18-31)41(37)33-21-13-6-14-22-33/h3-4,7-10,15-18,23-26,28-29,32-33,42-43H,5-6,11-14,19-22,27H2,1-2H3. The summed E-state index contributed by atoms with van der Waals surface area (Å²) in [4.78, 5) is 0. The van der Waals surface area contributed by atoms with Gasteiger partial charge in [-0.1, -0.05) is 125 Å². The Balaban J connectivity index is 1.51. The zero-order valence-corrected chi connectivity index (χ0v) is 26.1. The van der Waals surface area contributed by atoms with Gasteiger partial charge in [0.1, 0.15) is 11.5 Å². The molecule has 2 unspecified atom stereocenters. The van der Waals surface area contributed by atoms with Gasteiger partial charge in [0.2, 0.25) is 0 Å². The Labute approximate surface area is 258 Å². The molecular formula is C41H48O2. The Morgan fingerprint density at radius 2 is 0.884 bits per heavy atom. The third-order valence-electron chi connectivity index (χ3n) is 10.6. The van der Waals surface area contributed by atoms with Gasteiger partial charge in [0, 0.05) is 29.4 Å². The fraction of sp³-hybridized carbons (Fsp3) is 0.415. The summed E-state index contributed by atoms with van der Waals surface area (Å²) in [6.45, 7) is 4.62. The molecule has 0 spiro atoms. The largest absolute Gasteiger partial charge is 0.508 e. The summed E-state index contributed by atoms with van der Waals surface area (Å²) in [5.41, 5.74) is 10.0. The molecule has 0 aromatic heterocycles. The van der Waals surface area contributed by atoms with Gasteiger partial charge in [-0.15, -0.1) is 0 Å². The van der Waals surface area contributed by atoms with Crippen molar-refractivity contribution in [3.63, 3.8) is 0 Å². The van der Waals surface area contributed by atoms with E-state index in [1.165, 1.54) is 71.9 Å². The zero-order valence-electron chi connectivity index (χ0n) is 26.1. The van der Waals surface area contributed by atoms with Crippen molar-refractivity contribution in [2.24, 2.45) is 0 Å². The topological polar surface area (TPSA) is 40.5 Å². The molecule has 0 radical (unpaired) electrons. The second-order valence-corrected chi connectivity index (χ2v) is 13.2. The van der Waals surface area contributed by atoms with E-state index in [0.717, 1.165) is 36.8 Å². The summed E-state index contributed by atoms with van der Waals surface area (Å²) < 4.78 is 0. The summed E-state index contributed by atoms with van der Waals surface area (Å²) in [6, 6.07) is 29.8. The van der Waals surface area contributed by atoms with Crippen LogP contribution >= 0.6 is 0 Å². The van der Waals surface area contributed by atoms with E-state index in [-0.39, 0.29) is 11.8 Å². The van der Waals surface area contributed by atoms with Crippen LogP contribution in [0.2, 0.25) is 0 Å². The Kier molecular flexibility index (Phi) is 9.22. The number of phenols is 2. The van der Waals surface area contributed by atoms with Crippen LogP contribution in [0.1, 0.15) is 146 Å². The summed E-state index contributed by atoms with van der Waals surface area (Å²) in [7, 11) is 0. The van der Waals surface area contributed by atoms with E-state index < -0.39 is 0 Å². The van der Waals surface area contributed by atoms with E-state index in [1.807, 2.05) is 12.1 Å². The molecule has 4 aromatic carbocycles. The number of hydrogen-bond donors (Lipinski definition) is 2. The lowest BCUT2D eigenvalue weighted by atomic mass is 9.73. The lowest BCUT2D eigenvalue weighted by Gasteiger charge is -2.32. The molecule has 2 aliphatic rings. The van der Waals surface area contributed by atoms with Crippen molar-refractivity contribution in [1.82, 2.24) is 0 Å². The highest BCUT2D eigenvalue weighted by Crippen LogP contribution is 2.47. The van der Waals surface area contributed by atoms with Gasteiger partial charge in [-0.25, -0.2) is 0 Å². The maximum absolute atomic E-state index is 11.6. The number of rotatable bonds is 8. The first-order valence-corrected chi connectivity index (χ1v) is 16.8. The second-order valence-electron chi connectivity index (χ2n) is 13.2. The monoisotopic (exact) mass is 572 g/mol. The molecule has 2 atom stereocenters. The molecule has 2 heteroatoms. The molecule has 2 nitrogen and oxygen atoms in total. The third-order valence-corrected chi connectivity index (χ3v) is 10.6. The molecular weight excluding hydrogens is 524 g/mol. The van der Waals surface area contributed by atoms with Crippen molar-refractivity contribution in [3.8, 4) is 11.5 Å². The van der Waals surface area contributed by atoms with Crippen LogP contribution in [-0.4, -0.2) is 10.2 Å². The van der Waals surface area contributed by atoms with E-state index in [4.69, 9.17) is 0 Å². The highest BCUT2D eigenvalue weighted by atomic mass is 16.3. The second kappa shape index (κ2) is 13.4. The van der Waals surface area contributed by atoms with Gasteiger partial charge in [0.05, 0.1) is 0 Å². The summed E-state index contributed by atoms with van der Waals surface area (Å²) in [5.74, 6) is 2.08. The Morgan fingerprint density at radius 1 is 0.512 bits per heavy atom. The van der Waals surface area contributed by atoms with Crippen molar-refractivity contribution in [3.05, 3.63) is 129 Å². The molecule has 2 saturated carbocycles. The van der Waals surface area contributed by atoms with Crippen LogP contribution in [0, 0.1) is 0 Å². The SMILES string of the molecule is CC(c1ccccc1)c1ccc(O)c(Cc2c(O)ccc(C(C)c3ccccc3)c2C2CCCCC2)c1C1CCCCC1. The minimum Gasteiger partial charge on any atom is -0.508 e. The first-order chi connectivity index (χ1) is 21.0. The quantitative estimate of drug-likeness (QED) is 0.220. The molecule has 6 rings (SSSR count). The number of phenolic OH excluding ortho intramolecular Hbond substituents is 2. The minimum absolute atomic E-state index is 0.230. The van der Waals surface area contributed by atoms with Gasteiger partial charge in [-0.3, -0.25) is 0 Å². The van der Waals surface area contributed by atoms with E-state index in [1.54, 1.807) is 0 Å². The molecule has 0 heterocycles. The highest BCUT2D eigenvalue weighted by Gasteiger charge is 2.30. The Hall–Kier alpha value is -3.52. The minimum atomic E-state index is 0.230. The Morgan fingerprint density at radius 3 is 1.26 bits per heavy atom. The maximum atomic E-state index is 11.6. The summed E-state index contributed by atoms with van der Waals surface area (Å²) in [6.07, 6.45) is 12.8. The molecule has 0 amide bonds. The van der Waals surface area contributed by atoms with Gasteiger partial charge < -0.3 is 10.2 Å². The van der Waals surface area contributed by atoms with Crippen molar-refractivity contribution in [2.45, 2.75) is 108 Å². The fourth-order valence-corrected chi connectivity index (χ4v) is 8.24. The van der Waals surface area contributed by atoms with Crippen molar-refractivity contribution >= 4 is 0 Å². The van der Waals surface area contributed by atoms with Crippen LogP contribution in [0.15, 0.2) is 84.9 Å². The Bertz CT molecular complexity index is 1380. The van der Waals surface area contributed by atoms with Gasteiger partial charge in [0.25, 0.3) is 0 Å². The predicted octanol–water partition coefficient (Wildman–Crippen LogP) is 11.1. The van der Waals surface area contributed by atoms with Crippen LogP contribution in [-0.2, 0) is 6.42 Å². The lowest BCUT2D eigenvalue weighted by molar-refractivity contribution is 0.425. The molecule has 43 heavy (non-hydrogen) atoms. The van der Waals surface area contributed by atoms with Crippen LogP contribution in [0.3, 0.4) is 0 Å². The normalized spacial score (nSPS) is 17.9. The zero-order chi connectivity index (χ0) is 29.8. The van der Waals surface area contributed by atoms with Crippen LogP contribution in [0.5, 0.6) is 11.5 Å². The average Bonchev–Trinajstić information content (AvgIpc) is 3.07. The van der Waals surface area contributed by atoms with Crippen LogP contribution < -0.4 is 0 Å². The maximum Gasteiger partial charge on any atom is 0.119 e. The fourth-order valence-electron chi connectivity index (χ4n) is 8.24. The highest BCUT2D eigenvalue weighted by molar-refractivity contribution is 5.57. The van der Waals surface area contributed by atoms with E-state index in [0.29, 0.717) is 29.8 Å². The van der Waals surface area contributed by atoms with E-state index in [2.05, 4.69) is 86.6 Å². The molecule has 2 fully saturated rings. The van der Waals surface area contributed by atoms with E-state index >= 15 is 0 Å². The molecule has 0 aliphatic heterocycles. The van der Waals surface area contributed by atoms with Gasteiger partial charge >= 0.3 is 0 Å².